The smallest absolute Gasteiger partial charge is 0.407 e. The van der Waals surface area contributed by atoms with Crippen LogP contribution < -0.4 is 9.47 Å². The molecular formula is C11H11NO4. The zero-order chi connectivity index (χ0) is 11.1. The molecule has 3 rings (SSSR count). The molecular weight excluding hydrogens is 210 g/mol. The second kappa shape index (κ2) is 3.30. The van der Waals surface area contributed by atoms with E-state index < -0.39 is 6.09 Å². The second-order valence-electron chi connectivity index (χ2n) is 3.90. The molecule has 1 aromatic carbocycles. The Kier molecular flexibility index (Phi) is 1.92. The Morgan fingerprint density at radius 1 is 1.12 bits per heavy atom. The van der Waals surface area contributed by atoms with Crippen molar-refractivity contribution in [3.8, 4) is 11.5 Å². The summed E-state index contributed by atoms with van der Waals surface area (Å²) in [6, 6.07) is 3.76. The largest absolute Gasteiger partial charge is 0.486 e. The van der Waals surface area contributed by atoms with Gasteiger partial charge in [-0.05, 0) is 23.3 Å². The maximum atomic E-state index is 10.9. The van der Waals surface area contributed by atoms with Crippen LogP contribution in [0.25, 0.3) is 0 Å². The molecule has 0 spiro atoms. The monoisotopic (exact) mass is 221 g/mol. The van der Waals surface area contributed by atoms with Crippen molar-refractivity contribution in [1.82, 2.24) is 4.90 Å². The van der Waals surface area contributed by atoms with Crippen molar-refractivity contribution < 1.29 is 19.4 Å². The van der Waals surface area contributed by atoms with Crippen molar-refractivity contribution in [2.24, 2.45) is 0 Å². The Hall–Kier alpha value is -1.91. The molecule has 2 aliphatic heterocycles. The summed E-state index contributed by atoms with van der Waals surface area (Å²) < 4.78 is 10.9. The third kappa shape index (κ3) is 1.36. The molecule has 0 saturated carbocycles. The lowest BCUT2D eigenvalue weighted by atomic mass is 10.1. The van der Waals surface area contributed by atoms with Crippen LogP contribution >= 0.6 is 0 Å². The highest BCUT2D eigenvalue weighted by atomic mass is 16.6. The normalized spacial score (nSPS) is 17.1. The molecule has 1 N–H and O–H groups in total. The molecule has 0 aliphatic carbocycles. The number of fused-ring (bicyclic) bond motifs is 2. The first-order valence-electron chi connectivity index (χ1n) is 5.13. The summed E-state index contributed by atoms with van der Waals surface area (Å²) >= 11 is 0. The van der Waals surface area contributed by atoms with Crippen LogP contribution in [0.3, 0.4) is 0 Å². The highest BCUT2D eigenvalue weighted by Gasteiger charge is 2.25. The van der Waals surface area contributed by atoms with Crippen LogP contribution in [-0.2, 0) is 13.1 Å². The average Bonchev–Trinajstić information content (AvgIpc) is 2.68. The van der Waals surface area contributed by atoms with Crippen molar-refractivity contribution in [3.05, 3.63) is 23.3 Å². The molecule has 16 heavy (non-hydrogen) atoms. The number of nitrogens with zero attached hydrogens (tertiary/aromatic N) is 1. The van der Waals surface area contributed by atoms with Crippen LogP contribution in [0.1, 0.15) is 11.1 Å². The van der Waals surface area contributed by atoms with Gasteiger partial charge in [0.15, 0.2) is 11.5 Å². The number of hydrogen-bond acceptors (Lipinski definition) is 3. The first-order valence-corrected chi connectivity index (χ1v) is 5.13. The Balaban J connectivity index is 1.96. The minimum absolute atomic E-state index is 0.432. The van der Waals surface area contributed by atoms with E-state index in [2.05, 4.69) is 0 Å². The van der Waals surface area contributed by atoms with E-state index in [1.807, 2.05) is 12.1 Å². The van der Waals surface area contributed by atoms with Crippen molar-refractivity contribution in [1.29, 1.82) is 0 Å². The lowest BCUT2D eigenvalue weighted by Crippen LogP contribution is -2.22. The van der Waals surface area contributed by atoms with Crippen LogP contribution in [0.4, 0.5) is 4.79 Å². The summed E-state index contributed by atoms with van der Waals surface area (Å²) in [5, 5.41) is 8.91. The molecule has 1 aromatic rings. The molecule has 0 unspecified atom stereocenters. The predicted molar refractivity (Wildman–Crippen MR) is 54.7 cm³/mol. The van der Waals surface area contributed by atoms with Crippen molar-refractivity contribution in [2.75, 3.05) is 13.2 Å². The van der Waals surface area contributed by atoms with Crippen LogP contribution in [0, 0.1) is 0 Å². The number of carboxylic acid groups (broad SMARTS) is 1. The number of benzene rings is 1. The molecule has 5 heteroatoms. The van der Waals surface area contributed by atoms with Gasteiger partial charge in [0, 0.05) is 13.1 Å². The third-order valence-electron chi connectivity index (χ3n) is 2.86. The quantitative estimate of drug-likeness (QED) is 0.720. The van der Waals surface area contributed by atoms with Gasteiger partial charge < -0.3 is 14.6 Å². The van der Waals surface area contributed by atoms with Gasteiger partial charge in [-0.3, -0.25) is 4.90 Å². The van der Waals surface area contributed by atoms with Crippen LogP contribution in [0.5, 0.6) is 11.5 Å². The molecule has 0 fully saturated rings. The molecule has 1 amide bonds. The topological polar surface area (TPSA) is 59.0 Å². The summed E-state index contributed by atoms with van der Waals surface area (Å²) in [5.41, 5.74) is 2.01. The van der Waals surface area contributed by atoms with Gasteiger partial charge in [-0.15, -0.1) is 0 Å². The van der Waals surface area contributed by atoms with Gasteiger partial charge in [0.2, 0.25) is 0 Å². The van der Waals surface area contributed by atoms with Gasteiger partial charge in [0.05, 0.1) is 0 Å². The fourth-order valence-corrected chi connectivity index (χ4v) is 2.07. The summed E-state index contributed by atoms with van der Waals surface area (Å²) in [7, 11) is 0. The Morgan fingerprint density at radius 3 is 2.06 bits per heavy atom. The molecule has 0 bridgehead atoms. The van der Waals surface area contributed by atoms with Crippen molar-refractivity contribution >= 4 is 6.09 Å². The Bertz CT molecular complexity index is 423. The van der Waals surface area contributed by atoms with Crippen LogP contribution in [-0.4, -0.2) is 29.3 Å². The minimum Gasteiger partial charge on any atom is -0.486 e. The maximum absolute atomic E-state index is 10.9. The molecule has 5 nitrogen and oxygen atoms in total. The van der Waals surface area contributed by atoms with Gasteiger partial charge in [0.25, 0.3) is 0 Å². The highest BCUT2D eigenvalue weighted by Crippen LogP contribution is 2.36. The van der Waals surface area contributed by atoms with E-state index in [4.69, 9.17) is 14.6 Å². The van der Waals surface area contributed by atoms with Crippen molar-refractivity contribution in [3.63, 3.8) is 0 Å². The zero-order valence-electron chi connectivity index (χ0n) is 8.60. The van der Waals surface area contributed by atoms with E-state index >= 15 is 0 Å². The van der Waals surface area contributed by atoms with E-state index in [0.717, 1.165) is 22.6 Å². The first-order chi connectivity index (χ1) is 7.74. The van der Waals surface area contributed by atoms with Crippen LogP contribution in [0.15, 0.2) is 12.1 Å². The van der Waals surface area contributed by atoms with E-state index in [0.29, 0.717) is 26.3 Å². The number of ether oxygens (including phenoxy) is 2. The molecule has 84 valence electrons. The van der Waals surface area contributed by atoms with Gasteiger partial charge >= 0.3 is 6.09 Å². The number of amides is 1. The van der Waals surface area contributed by atoms with E-state index in [1.54, 1.807) is 0 Å². The predicted octanol–water partition coefficient (Wildman–Crippen LogP) is 1.45. The fourth-order valence-electron chi connectivity index (χ4n) is 2.07. The van der Waals surface area contributed by atoms with E-state index in [-0.39, 0.29) is 0 Å². The number of hydrogen-bond donors (Lipinski definition) is 1. The Morgan fingerprint density at radius 2 is 1.62 bits per heavy atom. The van der Waals surface area contributed by atoms with E-state index in [1.165, 1.54) is 4.90 Å². The van der Waals surface area contributed by atoms with Crippen LogP contribution in [0.2, 0.25) is 0 Å². The van der Waals surface area contributed by atoms with Gasteiger partial charge in [-0.1, -0.05) is 0 Å². The summed E-state index contributed by atoms with van der Waals surface area (Å²) in [5.74, 6) is 1.44. The molecule has 0 saturated heterocycles. The standard InChI is InChI=1S/C11H11NO4/c13-11(14)12-5-7-3-9-10(4-8(7)6-12)16-2-1-15-9/h3-4H,1-2,5-6H2,(H,13,14). The fraction of sp³-hybridized carbons (Fsp3) is 0.364. The number of carbonyl (C=O) groups is 1. The maximum Gasteiger partial charge on any atom is 0.407 e. The minimum atomic E-state index is -0.893. The highest BCUT2D eigenvalue weighted by molar-refractivity contribution is 5.67. The molecule has 2 aliphatic rings. The van der Waals surface area contributed by atoms with Gasteiger partial charge in [0.1, 0.15) is 13.2 Å². The van der Waals surface area contributed by atoms with Gasteiger partial charge in [-0.25, -0.2) is 4.79 Å². The summed E-state index contributed by atoms with van der Waals surface area (Å²) in [4.78, 5) is 12.2. The molecule has 0 atom stereocenters. The Labute approximate surface area is 92.2 Å². The van der Waals surface area contributed by atoms with E-state index in [9.17, 15) is 4.79 Å². The first kappa shape index (κ1) is 9.33. The summed E-state index contributed by atoms with van der Waals surface area (Å²) in [6.07, 6.45) is -0.893. The molecule has 0 aromatic heterocycles. The zero-order valence-corrected chi connectivity index (χ0v) is 8.60. The second-order valence-corrected chi connectivity index (χ2v) is 3.90. The third-order valence-corrected chi connectivity index (χ3v) is 2.86. The SMILES string of the molecule is O=C(O)N1Cc2cc3c(cc2C1)OCCO3. The number of rotatable bonds is 0. The lowest BCUT2D eigenvalue weighted by Gasteiger charge is -2.19. The van der Waals surface area contributed by atoms with Crippen molar-refractivity contribution in [2.45, 2.75) is 13.1 Å². The average molecular weight is 221 g/mol. The molecule has 2 heterocycles. The summed E-state index contributed by atoms with van der Waals surface area (Å²) in [6.45, 7) is 1.96. The lowest BCUT2D eigenvalue weighted by molar-refractivity contribution is 0.145. The molecule has 0 radical (unpaired) electrons. The van der Waals surface area contributed by atoms with Gasteiger partial charge in [-0.2, -0.15) is 0 Å².